The molecule has 28 heavy (non-hydrogen) atoms. The summed E-state index contributed by atoms with van der Waals surface area (Å²) in [6.45, 7) is 0. The zero-order valence-electron chi connectivity index (χ0n) is 14.5. The smallest absolute Gasteiger partial charge is 0.291 e. The van der Waals surface area contributed by atoms with Gasteiger partial charge < -0.3 is 9.73 Å². The standard InChI is InChI=1S/C22H13ClN2O2S/c23-16-10-9-14(12-15(16)22-25-17-6-2-4-8-20(17)28-22)24-21(26)19-11-13-5-1-3-7-18(13)27-19/h1-12H,(H,24,26). The van der Waals surface area contributed by atoms with Crippen molar-refractivity contribution >= 4 is 55.7 Å². The number of fused-ring (bicyclic) bond motifs is 2. The molecular weight excluding hydrogens is 392 g/mol. The third-order valence-corrected chi connectivity index (χ3v) is 5.80. The van der Waals surface area contributed by atoms with Crippen LogP contribution in [0.1, 0.15) is 10.6 Å². The molecule has 6 heteroatoms. The molecule has 0 radical (unpaired) electrons. The van der Waals surface area contributed by atoms with Crippen molar-refractivity contribution in [3.8, 4) is 10.6 Å². The third-order valence-electron chi connectivity index (χ3n) is 4.40. The van der Waals surface area contributed by atoms with Crippen molar-refractivity contribution in [3.63, 3.8) is 0 Å². The average molecular weight is 405 g/mol. The van der Waals surface area contributed by atoms with E-state index in [1.165, 1.54) is 0 Å². The molecule has 5 aromatic rings. The summed E-state index contributed by atoms with van der Waals surface area (Å²) in [6, 6.07) is 22.5. The Hall–Kier alpha value is -3.15. The summed E-state index contributed by atoms with van der Waals surface area (Å²) in [4.78, 5) is 17.3. The number of rotatable bonds is 3. The Morgan fingerprint density at radius 1 is 1.00 bits per heavy atom. The first-order valence-corrected chi connectivity index (χ1v) is 9.82. The van der Waals surface area contributed by atoms with Crippen molar-refractivity contribution in [3.05, 3.63) is 83.6 Å². The van der Waals surface area contributed by atoms with Crippen LogP contribution in [0.15, 0.2) is 77.2 Å². The first kappa shape index (κ1) is 17.0. The molecule has 136 valence electrons. The minimum absolute atomic E-state index is 0.262. The van der Waals surface area contributed by atoms with E-state index in [-0.39, 0.29) is 11.7 Å². The summed E-state index contributed by atoms with van der Waals surface area (Å²) >= 11 is 7.97. The lowest BCUT2D eigenvalue weighted by Crippen LogP contribution is -2.10. The lowest BCUT2D eigenvalue weighted by molar-refractivity contribution is 0.0998. The SMILES string of the molecule is O=C(Nc1ccc(Cl)c(-c2nc3ccccc3s2)c1)c1cc2ccccc2o1. The molecule has 4 nitrogen and oxygen atoms in total. The van der Waals surface area contributed by atoms with E-state index in [4.69, 9.17) is 16.0 Å². The summed E-state index contributed by atoms with van der Waals surface area (Å²) in [7, 11) is 0. The Balaban J connectivity index is 1.47. The van der Waals surface area contributed by atoms with Crippen LogP contribution in [0.4, 0.5) is 5.69 Å². The molecule has 1 N–H and O–H groups in total. The number of amides is 1. The highest BCUT2D eigenvalue weighted by Gasteiger charge is 2.15. The molecular formula is C22H13ClN2O2S. The zero-order chi connectivity index (χ0) is 19.1. The Morgan fingerprint density at radius 2 is 1.82 bits per heavy atom. The number of nitrogens with zero attached hydrogens (tertiary/aromatic N) is 1. The van der Waals surface area contributed by atoms with Gasteiger partial charge in [0, 0.05) is 16.6 Å². The number of carbonyl (C=O) groups is 1. The zero-order valence-corrected chi connectivity index (χ0v) is 16.1. The monoisotopic (exact) mass is 404 g/mol. The van der Waals surface area contributed by atoms with Gasteiger partial charge in [-0.15, -0.1) is 11.3 Å². The number of thiazole rings is 1. The number of hydrogen-bond donors (Lipinski definition) is 1. The molecule has 2 heterocycles. The van der Waals surface area contributed by atoms with Gasteiger partial charge in [-0.3, -0.25) is 4.79 Å². The van der Waals surface area contributed by atoms with Crippen molar-refractivity contribution in [2.45, 2.75) is 0 Å². The quantitative estimate of drug-likeness (QED) is 0.368. The first-order chi connectivity index (χ1) is 13.7. The van der Waals surface area contributed by atoms with Crippen LogP contribution in [0.3, 0.4) is 0 Å². The van der Waals surface area contributed by atoms with Gasteiger partial charge in [-0.25, -0.2) is 4.98 Å². The molecule has 0 unspecified atom stereocenters. The minimum atomic E-state index is -0.311. The van der Waals surface area contributed by atoms with Gasteiger partial charge in [-0.2, -0.15) is 0 Å². The van der Waals surface area contributed by atoms with Crippen LogP contribution in [0, 0.1) is 0 Å². The Labute approximate surface area is 169 Å². The summed E-state index contributed by atoms with van der Waals surface area (Å²) in [5, 5.41) is 5.16. The van der Waals surface area contributed by atoms with E-state index in [0.29, 0.717) is 16.3 Å². The van der Waals surface area contributed by atoms with Crippen LogP contribution in [-0.4, -0.2) is 10.9 Å². The number of anilines is 1. The predicted octanol–water partition coefficient (Wildman–Crippen LogP) is 6.62. The highest BCUT2D eigenvalue weighted by atomic mass is 35.5. The minimum Gasteiger partial charge on any atom is -0.451 e. The topological polar surface area (TPSA) is 55.1 Å². The lowest BCUT2D eigenvalue weighted by atomic mass is 10.2. The van der Waals surface area contributed by atoms with E-state index in [2.05, 4.69) is 10.3 Å². The fourth-order valence-electron chi connectivity index (χ4n) is 3.04. The first-order valence-electron chi connectivity index (χ1n) is 8.63. The van der Waals surface area contributed by atoms with Gasteiger partial charge in [-0.1, -0.05) is 41.9 Å². The van der Waals surface area contributed by atoms with Crippen molar-refractivity contribution in [2.75, 3.05) is 5.32 Å². The average Bonchev–Trinajstić information content (AvgIpc) is 3.33. The van der Waals surface area contributed by atoms with Gasteiger partial charge in [0.15, 0.2) is 5.76 Å². The van der Waals surface area contributed by atoms with Crippen LogP contribution in [-0.2, 0) is 0 Å². The molecule has 1 amide bonds. The van der Waals surface area contributed by atoms with Gasteiger partial charge in [-0.05, 0) is 42.5 Å². The molecule has 0 bridgehead atoms. The third kappa shape index (κ3) is 3.05. The number of nitrogens with one attached hydrogen (secondary N) is 1. The van der Waals surface area contributed by atoms with E-state index in [0.717, 1.165) is 26.2 Å². The summed E-state index contributed by atoms with van der Waals surface area (Å²) in [5.41, 5.74) is 3.02. The highest BCUT2D eigenvalue weighted by molar-refractivity contribution is 7.21. The van der Waals surface area contributed by atoms with Gasteiger partial charge in [0.25, 0.3) is 5.91 Å². The van der Waals surface area contributed by atoms with Gasteiger partial charge in [0.2, 0.25) is 0 Å². The number of aromatic nitrogens is 1. The fourth-order valence-corrected chi connectivity index (χ4v) is 4.30. The van der Waals surface area contributed by atoms with Crippen molar-refractivity contribution < 1.29 is 9.21 Å². The molecule has 0 spiro atoms. The van der Waals surface area contributed by atoms with E-state index in [1.807, 2.05) is 54.6 Å². The molecule has 0 saturated heterocycles. The number of halogens is 1. The highest BCUT2D eigenvalue weighted by Crippen LogP contribution is 2.36. The predicted molar refractivity (Wildman–Crippen MR) is 114 cm³/mol. The molecule has 2 aromatic heterocycles. The second kappa shape index (κ2) is 6.78. The Bertz CT molecular complexity index is 1270. The number of benzene rings is 3. The molecule has 0 atom stereocenters. The van der Waals surface area contributed by atoms with E-state index >= 15 is 0 Å². The largest absolute Gasteiger partial charge is 0.451 e. The molecule has 0 saturated carbocycles. The summed E-state index contributed by atoms with van der Waals surface area (Å²) < 4.78 is 6.72. The van der Waals surface area contributed by atoms with Gasteiger partial charge in [0.1, 0.15) is 10.6 Å². The van der Waals surface area contributed by atoms with Gasteiger partial charge in [0.05, 0.1) is 15.2 Å². The van der Waals surface area contributed by atoms with Crippen LogP contribution >= 0.6 is 22.9 Å². The second-order valence-electron chi connectivity index (χ2n) is 6.28. The number of furan rings is 1. The maximum absolute atomic E-state index is 12.6. The van der Waals surface area contributed by atoms with Crippen molar-refractivity contribution in [1.29, 1.82) is 0 Å². The number of para-hydroxylation sites is 2. The number of carbonyl (C=O) groups excluding carboxylic acids is 1. The Kier molecular flexibility index (Phi) is 4.11. The number of hydrogen-bond acceptors (Lipinski definition) is 4. The van der Waals surface area contributed by atoms with Crippen LogP contribution in [0.5, 0.6) is 0 Å². The van der Waals surface area contributed by atoms with E-state index < -0.39 is 0 Å². The molecule has 0 aliphatic rings. The maximum Gasteiger partial charge on any atom is 0.291 e. The van der Waals surface area contributed by atoms with Crippen molar-refractivity contribution in [2.24, 2.45) is 0 Å². The maximum atomic E-state index is 12.6. The molecule has 0 aliphatic heterocycles. The van der Waals surface area contributed by atoms with Crippen LogP contribution < -0.4 is 5.32 Å². The summed E-state index contributed by atoms with van der Waals surface area (Å²) in [5.74, 6) is -0.0496. The fraction of sp³-hybridized carbons (Fsp3) is 0. The summed E-state index contributed by atoms with van der Waals surface area (Å²) in [6.07, 6.45) is 0. The molecule has 0 aliphatic carbocycles. The molecule has 3 aromatic carbocycles. The van der Waals surface area contributed by atoms with Crippen LogP contribution in [0.2, 0.25) is 5.02 Å². The Morgan fingerprint density at radius 3 is 2.68 bits per heavy atom. The normalized spacial score (nSPS) is 11.2. The second-order valence-corrected chi connectivity index (χ2v) is 7.72. The molecule has 0 fully saturated rings. The van der Waals surface area contributed by atoms with Crippen LogP contribution in [0.25, 0.3) is 31.8 Å². The van der Waals surface area contributed by atoms with Crippen molar-refractivity contribution in [1.82, 2.24) is 4.98 Å². The lowest BCUT2D eigenvalue weighted by Gasteiger charge is -2.06. The van der Waals surface area contributed by atoms with Gasteiger partial charge >= 0.3 is 0 Å². The van der Waals surface area contributed by atoms with E-state index in [9.17, 15) is 4.79 Å². The molecule has 5 rings (SSSR count). The van der Waals surface area contributed by atoms with E-state index in [1.54, 1.807) is 29.5 Å².